The standard InChI is InChI=1S/C10H5N3O3/c11-3-6-1-2-7(12-4-6)9-13-8(5-16-9)10(14)15/h1-2,4-5H,(H,14,15). The maximum absolute atomic E-state index is 10.6. The number of carboxylic acids is 1. The minimum absolute atomic E-state index is 0.113. The van der Waals surface area contributed by atoms with Gasteiger partial charge in [0.2, 0.25) is 5.89 Å². The molecule has 6 nitrogen and oxygen atoms in total. The van der Waals surface area contributed by atoms with E-state index >= 15 is 0 Å². The van der Waals surface area contributed by atoms with Crippen molar-refractivity contribution >= 4 is 5.97 Å². The summed E-state index contributed by atoms with van der Waals surface area (Å²) in [5.74, 6) is -1.05. The number of nitrogens with zero attached hydrogens (tertiary/aromatic N) is 3. The predicted molar refractivity (Wildman–Crippen MR) is 51.4 cm³/mol. The molecule has 0 aromatic carbocycles. The number of oxazole rings is 1. The summed E-state index contributed by atoms with van der Waals surface area (Å²) in [6, 6.07) is 5.01. The average Bonchev–Trinajstić information content (AvgIpc) is 2.78. The van der Waals surface area contributed by atoms with Crippen molar-refractivity contribution in [1.82, 2.24) is 9.97 Å². The summed E-state index contributed by atoms with van der Waals surface area (Å²) < 4.78 is 4.95. The zero-order valence-electron chi connectivity index (χ0n) is 7.91. The van der Waals surface area contributed by atoms with Gasteiger partial charge in [-0.15, -0.1) is 0 Å². The van der Waals surface area contributed by atoms with E-state index in [1.165, 1.54) is 12.3 Å². The predicted octanol–water partition coefficient (Wildman–Crippen LogP) is 1.31. The first-order valence-electron chi connectivity index (χ1n) is 4.26. The fourth-order valence-corrected chi connectivity index (χ4v) is 1.08. The second-order valence-corrected chi connectivity index (χ2v) is 2.89. The van der Waals surface area contributed by atoms with E-state index in [1.807, 2.05) is 6.07 Å². The lowest BCUT2D eigenvalue weighted by Gasteiger charge is -1.92. The van der Waals surface area contributed by atoms with Crippen LogP contribution >= 0.6 is 0 Å². The number of pyridine rings is 1. The maximum Gasteiger partial charge on any atom is 0.357 e. The summed E-state index contributed by atoms with van der Waals surface area (Å²) in [6.07, 6.45) is 2.40. The van der Waals surface area contributed by atoms with Crippen molar-refractivity contribution in [2.24, 2.45) is 0 Å². The van der Waals surface area contributed by atoms with E-state index in [0.29, 0.717) is 11.3 Å². The van der Waals surface area contributed by atoms with Gasteiger partial charge in [-0.3, -0.25) is 0 Å². The van der Waals surface area contributed by atoms with Crippen molar-refractivity contribution in [2.75, 3.05) is 0 Å². The van der Waals surface area contributed by atoms with Crippen LogP contribution in [0.25, 0.3) is 11.6 Å². The van der Waals surface area contributed by atoms with Crippen LogP contribution in [0.3, 0.4) is 0 Å². The minimum atomic E-state index is -1.16. The normalized spacial score (nSPS) is 9.69. The summed E-state index contributed by atoms with van der Waals surface area (Å²) in [7, 11) is 0. The fraction of sp³-hybridized carbons (Fsp3) is 0. The molecule has 2 heterocycles. The van der Waals surface area contributed by atoms with Crippen LogP contribution in [0.5, 0.6) is 0 Å². The van der Waals surface area contributed by atoms with Gasteiger partial charge >= 0.3 is 5.97 Å². The zero-order chi connectivity index (χ0) is 11.5. The van der Waals surface area contributed by atoms with Crippen molar-refractivity contribution in [2.45, 2.75) is 0 Å². The summed E-state index contributed by atoms with van der Waals surface area (Å²) in [6.45, 7) is 0. The maximum atomic E-state index is 10.6. The first-order chi connectivity index (χ1) is 7.70. The Morgan fingerprint density at radius 1 is 1.50 bits per heavy atom. The highest BCUT2D eigenvalue weighted by molar-refractivity contribution is 5.85. The van der Waals surface area contributed by atoms with Crippen molar-refractivity contribution in [1.29, 1.82) is 5.26 Å². The lowest BCUT2D eigenvalue weighted by atomic mass is 10.3. The Kier molecular flexibility index (Phi) is 2.36. The second-order valence-electron chi connectivity index (χ2n) is 2.89. The van der Waals surface area contributed by atoms with Crippen LogP contribution in [-0.4, -0.2) is 21.0 Å². The van der Waals surface area contributed by atoms with Gasteiger partial charge in [0.15, 0.2) is 5.69 Å². The average molecular weight is 215 g/mol. The Morgan fingerprint density at radius 2 is 2.31 bits per heavy atom. The summed E-state index contributed by atoms with van der Waals surface area (Å²) >= 11 is 0. The second kappa shape index (κ2) is 3.82. The highest BCUT2D eigenvalue weighted by Gasteiger charge is 2.12. The molecule has 2 rings (SSSR count). The van der Waals surface area contributed by atoms with Gasteiger partial charge < -0.3 is 9.52 Å². The Bertz CT molecular complexity index is 566. The molecule has 0 saturated heterocycles. The Hall–Kier alpha value is -2.68. The number of aromatic carboxylic acids is 1. The molecular weight excluding hydrogens is 210 g/mol. The van der Waals surface area contributed by atoms with Crippen molar-refractivity contribution in [3.8, 4) is 17.7 Å². The molecule has 0 spiro atoms. The Labute approximate surface area is 89.8 Å². The molecule has 2 aromatic heterocycles. The zero-order valence-corrected chi connectivity index (χ0v) is 7.91. The molecular formula is C10H5N3O3. The van der Waals surface area contributed by atoms with Gasteiger partial charge in [0.1, 0.15) is 18.0 Å². The fourth-order valence-electron chi connectivity index (χ4n) is 1.08. The van der Waals surface area contributed by atoms with E-state index in [-0.39, 0.29) is 11.6 Å². The first-order valence-corrected chi connectivity index (χ1v) is 4.26. The smallest absolute Gasteiger partial charge is 0.357 e. The van der Waals surface area contributed by atoms with Crippen molar-refractivity contribution in [3.05, 3.63) is 35.9 Å². The van der Waals surface area contributed by atoms with Gasteiger partial charge in [-0.2, -0.15) is 5.26 Å². The number of aromatic nitrogens is 2. The molecule has 0 aliphatic rings. The quantitative estimate of drug-likeness (QED) is 0.810. The third-order valence-electron chi connectivity index (χ3n) is 1.84. The van der Waals surface area contributed by atoms with E-state index in [1.54, 1.807) is 6.07 Å². The molecule has 0 aliphatic carbocycles. The van der Waals surface area contributed by atoms with Crippen LogP contribution in [0.4, 0.5) is 0 Å². The molecule has 2 aromatic rings. The Balaban J connectivity index is 2.36. The molecule has 0 amide bonds. The molecule has 0 saturated carbocycles. The van der Waals surface area contributed by atoms with E-state index in [9.17, 15) is 4.79 Å². The van der Waals surface area contributed by atoms with E-state index in [4.69, 9.17) is 14.8 Å². The van der Waals surface area contributed by atoms with Gasteiger partial charge in [-0.25, -0.2) is 14.8 Å². The summed E-state index contributed by atoms with van der Waals surface area (Å²) in [4.78, 5) is 18.2. The van der Waals surface area contributed by atoms with E-state index < -0.39 is 5.97 Å². The number of nitriles is 1. The van der Waals surface area contributed by atoms with Crippen molar-refractivity contribution < 1.29 is 14.3 Å². The van der Waals surface area contributed by atoms with Crippen LogP contribution in [0.15, 0.2) is 29.0 Å². The van der Waals surface area contributed by atoms with Gasteiger partial charge in [0, 0.05) is 6.20 Å². The van der Waals surface area contributed by atoms with Crippen LogP contribution < -0.4 is 0 Å². The van der Waals surface area contributed by atoms with Crippen LogP contribution in [-0.2, 0) is 0 Å². The molecule has 0 unspecified atom stereocenters. The topological polar surface area (TPSA) is 100 Å². The highest BCUT2D eigenvalue weighted by Crippen LogP contribution is 2.16. The molecule has 0 radical (unpaired) electrons. The highest BCUT2D eigenvalue weighted by atomic mass is 16.4. The monoisotopic (exact) mass is 215 g/mol. The third-order valence-corrected chi connectivity index (χ3v) is 1.84. The van der Waals surface area contributed by atoms with Gasteiger partial charge in [-0.1, -0.05) is 0 Å². The molecule has 0 aliphatic heterocycles. The summed E-state index contributed by atoms with van der Waals surface area (Å²) in [5.41, 5.74) is 0.612. The van der Waals surface area contributed by atoms with Gasteiger partial charge in [0.05, 0.1) is 5.56 Å². The third kappa shape index (κ3) is 1.74. The lowest BCUT2D eigenvalue weighted by molar-refractivity contribution is 0.0690. The Morgan fingerprint density at radius 3 is 2.81 bits per heavy atom. The first kappa shape index (κ1) is 9.86. The molecule has 0 fully saturated rings. The van der Waals surface area contributed by atoms with Gasteiger partial charge in [0.25, 0.3) is 0 Å². The number of carbonyl (C=O) groups is 1. The molecule has 0 bridgehead atoms. The largest absolute Gasteiger partial charge is 0.476 e. The molecule has 6 heteroatoms. The summed E-state index contributed by atoms with van der Waals surface area (Å²) in [5, 5.41) is 17.2. The lowest BCUT2D eigenvalue weighted by Crippen LogP contribution is -1.95. The molecule has 0 atom stereocenters. The van der Waals surface area contributed by atoms with Crippen molar-refractivity contribution in [3.63, 3.8) is 0 Å². The van der Waals surface area contributed by atoms with E-state index in [0.717, 1.165) is 6.26 Å². The van der Waals surface area contributed by atoms with Crippen LogP contribution in [0, 0.1) is 11.3 Å². The molecule has 16 heavy (non-hydrogen) atoms. The van der Waals surface area contributed by atoms with Gasteiger partial charge in [-0.05, 0) is 12.1 Å². The number of carboxylic acid groups (broad SMARTS) is 1. The SMILES string of the molecule is N#Cc1ccc(-c2nc(C(=O)O)co2)nc1. The van der Waals surface area contributed by atoms with E-state index in [2.05, 4.69) is 9.97 Å². The minimum Gasteiger partial charge on any atom is -0.476 e. The number of rotatable bonds is 2. The molecule has 78 valence electrons. The number of hydrogen-bond acceptors (Lipinski definition) is 5. The number of hydrogen-bond donors (Lipinski definition) is 1. The molecule has 1 N–H and O–H groups in total. The van der Waals surface area contributed by atoms with Crippen LogP contribution in [0.2, 0.25) is 0 Å². The van der Waals surface area contributed by atoms with Crippen LogP contribution in [0.1, 0.15) is 16.1 Å².